The second kappa shape index (κ2) is 6.55. The molecule has 3 heteroatoms. The lowest BCUT2D eigenvalue weighted by atomic mass is 9.85. The largest absolute Gasteiger partial charge is 0.311 e. The Morgan fingerprint density at radius 1 is 1.14 bits per heavy atom. The summed E-state index contributed by atoms with van der Waals surface area (Å²) < 4.78 is 0. The Kier molecular flexibility index (Phi) is 5.38. The number of nitrogens with one attached hydrogen (secondary N) is 1. The topological polar surface area (TPSA) is 18.5 Å². The van der Waals surface area contributed by atoms with Crippen molar-refractivity contribution in [1.29, 1.82) is 0 Å². The van der Waals surface area contributed by atoms with Crippen LogP contribution in [0.15, 0.2) is 0 Å². The summed E-state index contributed by atoms with van der Waals surface area (Å²) in [4.78, 5) is 5.48. The summed E-state index contributed by atoms with van der Waals surface area (Å²) in [5, 5.41) is 3.73. The van der Waals surface area contributed by atoms with E-state index in [0.29, 0.717) is 11.5 Å². The molecule has 0 radical (unpaired) electrons. The summed E-state index contributed by atoms with van der Waals surface area (Å²) in [6.45, 7) is 20.3. The Labute approximate surface area is 132 Å². The molecule has 0 amide bonds. The van der Waals surface area contributed by atoms with Crippen LogP contribution < -0.4 is 5.32 Å². The van der Waals surface area contributed by atoms with Crippen molar-refractivity contribution in [3.8, 4) is 0 Å². The van der Waals surface area contributed by atoms with E-state index in [2.05, 4.69) is 56.7 Å². The maximum atomic E-state index is 3.73. The molecule has 2 fully saturated rings. The van der Waals surface area contributed by atoms with Crippen molar-refractivity contribution >= 4 is 0 Å². The minimum absolute atomic E-state index is 0.214. The van der Waals surface area contributed by atoms with Crippen LogP contribution in [0.3, 0.4) is 0 Å². The molecular formula is C18H37N3. The van der Waals surface area contributed by atoms with Crippen molar-refractivity contribution in [2.45, 2.75) is 78.4 Å². The first-order chi connectivity index (χ1) is 9.72. The van der Waals surface area contributed by atoms with Gasteiger partial charge in [0.15, 0.2) is 0 Å². The van der Waals surface area contributed by atoms with Crippen molar-refractivity contribution in [3.05, 3.63) is 0 Å². The van der Waals surface area contributed by atoms with Crippen LogP contribution >= 0.6 is 0 Å². The molecule has 3 atom stereocenters. The molecule has 21 heavy (non-hydrogen) atoms. The molecule has 0 aliphatic carbocycles. The van der Waals surface area contributed by atoms with Crippen molar-refractivity contribution in [2.75, 3.05) is 32.7 Å². The van der Waals surface area contributed by atoms with E-state index >= 15 is 0 Å². The molecule has 1 N–H and O–H groups in total. The summed E-state index contributed by atoms with van der Waals surface area (Å²) in [5.74, 6) is 0. The van der Waals surface area contributed by atoms with E-state index in [9.17, 15) is 0 Å². The highest BCUT2D eigenvalue weighted by atomic mass is 15.3. The zero-order valence-corrected chi connectivity index (χ0v) is 15.2. The van der Waals surface area contributed by atoms with Crippen LogP contribution in [0.2, 0.25) is 0 Å². The van der Waals surface area contributed by atoms with Crippen LogP contribution in [0, 0.1) is 5.41 Å². The predicted molar refractivity (Wildman–Crippen MR) is 91.8 cm³/mol. The molecule has 3 nitrogen and oxygen atoms in total. The van der Waals surface area contributed by atoms with Gasteiger partial charge in [0.25, 0.3) is 0 Å². The predicted octanol–water partition coefficient (Wildman–Crippen LogP) is 2.96. The normalized spacial score (nSPS) is 31.1. The van der Waals surface area contributed by atoms with Gasteiger partial charge in [-0.05, 0) is 58.9 Å². The Hall–Kier alpha value is -0.120. The van der Waals surface area contributed by atoms with Gasteiger partial charge in [0.1, 0.15) is 0 Å². The number of fused-ring (bicyclic) bond motifs is 1. The van der Waals surface area contributed by atoms with Crippen molar-refractivity contribution < 1.29 is 0 Å². The monoisotopic (exact) mass is 295 g/mol. The van der Waals surface area contributed by atoms with E-state index in [-0.39, 0.29) is 5.54 Å². The first kappa shape index (κ1) is 17.2. The highest BCUT2D eigenvalue weighted by Gasteiger charge is 2.37. The zero-order chi connectivity index (χ0) is 15.7. The van der Waals surface area contributed by atoms with Gasteiger partial charge in [-0.25, -0.2) is 0 Å². The van der Waals surface area contributed by atoms with E-state index in [0.717, 1.165) is 12.6 Å². The minimum Gasteiger partial charge on any atom is -0.311 e. The van der Waals surface area contributed by atoms with Gasteiger partial charge in [0, 0.05) is 43.8 Å². The Morgan fingerprint density at radius 3 is 2.48 bits per heavy atom. The summed E-state index contributed by atoms with van der Waals surface area (Å²) in [6, 6.07) is 1.54. The average molecular weight is 296 g/mol. The minimum atomic E-state index is 0.214. The number of hydrogen-bond donors (Lipinski definition) is 1. The molecule has 124 valence electrons. The summed E-state index contributed by atoms with van der Waals surface area (Å²) >= 11 is 0. The summed E-state index contributed by atoms with van der Waals surface area (Å²) in [6.07, 6.45) is 4.06. The lowest BCUT2D eigenvalue weighted by molar-refractivity contribution is 0.0270. The molecule has 2 rings (SSSR count). The zero-order valence-electron chi connectivity index (χ0n) is 15.2. The molecule has 2 heterocycles. The van der Waals surface area contributed by atoms with E-state index in [4.69, 9.17) is 0 Å². The van der Waals surface area contributed by atoms with Gasteiger partial charge in [-0.1, -0.05) is 13.8 Å². The summed E-state index contributed by atoms with van der Waals surface area (Å²) in [5.41, 5.74) is 0.592. The quantitative estimate of drug-likeness (QED) is 0.841. The van der Waals surface area contributed by atoms with Crippen LogP contribution in [0.4, 0.5) is 0 Å². The molecule has 0 aromatic rings. The van der Waals surface area contributed by atoms with E-state index < -0.39 is 0 Å². The maximum Gasteiger partial charge on any atom is 0.0224 e. The molecule has 0 spiro atoms. The van der Waals surface area contributed by atoms with Crippen molar-refractivity contribution in [2.24, 2.45) is 5.41 Å². The molecule has 0 aromatic carbocycles. The summed E-state index contributed by atoms with van der Waals surface area (Å²) in [7, 11) is 0. The smallest absolute Gasteiger partial charge is 0.0224 e. The molecule has 3 unspecified atom stereocenters. The molecule has 0 bridgehead atoms. The lowest BCUT2D eigenvalue weighted by Crippen LogP contribution is -2.58. The van der Waals surface area contributed by atoms with E-state index in [1.54, 1.807) is 0 Å². The fourth-order valence-electron chi connectivity index (χ4n) is 3.73. The van der Waals surface area contributed by atoms with Gasteiger partial charge in [-0.3, -0.25) is 9.80 Å². The van der Waals surface area contributed by atoms with Crippen LogP contribution in [0.1, 0.15) is 60.8 Å². The molecule has 2 aliphatic rings. The molecule has 2 saturated heterocycles. The van der Waals surface area contributed by atoms with Gasteiger partial charge < -0.3 is 5.32 Å². The van der Waals surface area contributed by atoms with Crippen LogP contribution in [-0.2, 0) is 0 Å². The average Bonchev–Trinajstić information content (AvgIpc) is 2.83. The highest BCUT2D eigenvalue weighted by molar-refractivity contribution is 4.93. The van der Waals surface area contributed by atoms with Crippen LogP contribution in [-0.4, -0.2) is 60.1 Å². The third kappa shape index (κ3) is 4.67. The maximum absolute atomic E-state index is 3.73. The van der Waals surface area contributed by atoms with Gasteiger partial charge in [-0.2, -0.15) is 0 Å². The van der Waals surface area contributed by atoms with Crippen LogP contribution in [0.5, 0.6) is 0 Å². The third-order valence-electron chi connectivity index (χ3n) is 5.55. The molecular weight excluding hydrogens is 258 g/mol. The third-order valence-corrected chi connectivity index (χ3v) is 5.55. The van der Waals surface area contributed by atoms with Crippen molar-refractivity contribution in [1.82, 2.24) is 15.1 Å². The number of piperazine rings is 1. The Balaban J connectivity index is 1.93. The van der Waals surface area contributed by atoms with Gasteiger partial charge in [-0.15, -0.1) is 0 Å². The molecule has 0 saturated carbocycles. The van der Waals surface area contributed by atoms with Gasteiger partial charge in [0.05, 0.1) is 0 Å². The number of nitrogens with zero attached hydrogens (tertiary/aromatic N) is 2. The highest BCUT2D eigenvalue weighted by Crippen LogP contribution is 2.29. The molecule has 2 aliphatic heterocycles. The van der Waals surface area contributed by atoms with Crippen LogP contribution in [0.25, 0.3) is 0 Å². The lowest BCUT2D eigenvalue weighted by Gasteiger charge is -2.46. The standard InChI is InChI=1S/C18H37N3/c1-7-18(6,13-19-17(3,4)5)14-21-12-16-9-8-10-20(16)11-15(21)2/h15-16,19H,7-14H2,1-6H3. The number of hydrogen-bond acceptors (Lipinski definition) is 3. The van der Waals surface area contributed by atoms with Gasteiger partial charge >= 0.3 is 0 Å². The first-order valence-electron chi connectivity index (χ1n) is 8.95. The fraction of sp³-hybridized carbons (Fsp3) is 1.00. The number of rotatable bonds is 5. The van der Waals surface area contributed by atoms with E-state index in [1.165, 1.54) is 45.4 Å². The van der Waals surface area contributed by atoms with Gasteiger partial charge in [0.2, 0.25) is 0 Å². The molecule has 0 aromatic heterocycles. The Bertz CT molecular complexity index is 336. The second-order valence-electron chi connectivity index (χ2n) is 8.84. The SMILES string of the molecule is CCC(C)(CNC(C)(C)C)CN1CC2CCCN2CC1C. The second-order valence-corrected chi connectivity index (χ2v) is 8.84. The van der Waals surface area contributed by atoms with Crippen molar-refractivity contribution in [3.63, 3.8) is 0 Å². The fourth-order valence-corrected chi connectivity index (χ4v) is 3.73. The first-order valence-corrected chi connectivity index (χ1v) is 8.95. The van der Waals surface area contributed by atoms with E-state index in [1.807, 2.05) is 0 Å². The Morgan fingerprint density at radius 2 is 1.86 bits per heavy atom.